The molecule has 0 aliphatic carbocycles. The summed E-state index contributed by atoms with van der Waals surface area (Å²) in [6.07, 6.45) is 0.248. The fourth-order valence-electron chi connectivity index (χ4n) is 1.96. The number of aliphatic hydroxyl groups excluding tert-OH is 1. The number of nitrogens with zero attached hydrogens (tertiary/aromatic N) is 1. The van der Waals surface area contributed by atoms with E-state index in [1.807, 2.05) is 25.1 Å². The maximum absolute atomic E-state index is 11.9. The van der Waals surface area contributed by atoms with Crippen molar-refractivity contribution in [1.82, 2.24) is 4.90 Å². The van der Waals surface area contributed by atoms with Crippen LogP contribution in [0, 0.1) is 0 Å². The molecule has 0 saturated carbocycles. The fraction of sp³-hybridized carbons (Fsp3) is 0.462. The second-order valence-electron chi connectivity index (χ2n) is 4.28. The molecule has 1 atom stereocenters. The zero-order valence-electron chi connectivity index (χ0n) is 10.4. The topological polar surface area (TPSA) is 61.8 Å². The maximum atomic E-state index is 11.9. The second kappa shape index (κ2) is 5.73. The van der Waals surface area contributed by atoms with Crippen molar-refractivity contribution in [3.63, 3.8) is 0 Å². The summed E-state index contributed by atoms with van der Waals surface area (Å²) in [5.74, 6) is 0.733. The number of carbonyl (C=O) groups excluding carboxylic acids is 1. The number of aliphatic hydroxyl groups is 1. The summed E-state index contributed by atoms with van der Waals surface area (Å²) >= 11 is 0. The number of hydrogen-bond acceptors (Lipinski definition) is 3. The van der Waals surface area contributed by atoms with Gasteiger partial charge in [-0.3, -0.25) is 0 Å². The first-order valence-corrected chi connectivity index (χ1v) is 6.16. The van der Waals surface area contributed by atoms with E-state index < -0.39 is 6.10 Å². The first-order chi connectivity index (χ1) is 8.69. The molecule has 2 rings (SSSR count). The zero-order chi connectivity index (χ0) is 13.0. The molecule has 0 radical (unpaired) electrons. The van der Waals surface area contributed by atoms with Crippen molar-refractivity contribution in [3.8, 4) is 5.75 Å². The van der Waals surface area contributed by atoms with Crippen LogP contribution in [0.3, 0.4) is 0 Å². The summed E-state index contributed by atoms with van der Waals surface area (Å²) in [4.78, 5) is 13.5. The highest BCUT2D eigenvalue weighted by Gasteiger charge is 2.24. The van der Waals surface area contributed by atoms with E-state index in [0.717, 1.165) is 5.75 Å². The summed E-state index contributed by atoms with van der Waals surface area (Å²) < 4.78 is 5.37. The van der Waals surface area contributed by atoms with Gasteiger partial charge in [0, 0.05) is 24.8 Å². The van der Waals surface area contributed by atoms with E-state index in [9.17, 15) is 9.90 Å². The number of benzene rings is 1. The van der Waals surface area contributed by atoms with Gasteiger partial charge in [-0.05, 0) is 25.5 Å². The number of ether oxygens (including phenoxy) is 1. The van der Waals surface area contributed by atoms with Gasteiger partial charge in [0.25, 0.3) is 0 Å². The minimum absolute atomic E-state index is 0.180. The van der Waals surface area contributed by atoms with Crippen LogP contribution in [0.4, 0.5) is 10.5 Å². The maximum Gasteiger partial charge on any atom is 0.321 e. The Morgan fingerprint density at radius 3 is 3.11 bits per heavy atom. The first-order valence-electron chi connectivity index (χ1n) is 6.16. The average molecular weight is 250 g/mol. The van der Waals surface area contributed by atoms with Crippen LogP contribution < -0.4 is 10.1 Å². The predicted molar refractivity (Wildman–Crippen MR) is 68.8 cm³/mol. The van der Waals surface area contributed by atoms with Gasteiger partial charge in [0.05, 0.1) is 12.7 Å². The number of urea groups is 1. The van der Waals surface area contributed by atoms with Crippen LogP contribution in [0.15, 0.2) is 24.3 Å². The van der Waals surface area contributed by atoms with Crippen molar-refractivity contribution in [2.24, 2.45) is 0 Å². The number of amides is 2. The number of nitrogens with one attached hydrogen (secondary N) is 1. The number of carbonyl (C=O) groups is 1. The highest BCUT2D eigenvalue weighted by Crippen LogP contribution is 2.18. The molecule has 0 bridgehead atoms. The Balaban J connectivity index is 1.96. The smallest absolute Gasteiger partial charge is 0.321 e. The summed E-state index contributed by atoms with van der Waals surface area (Å²) in [6.45, 7) is 3.50. The molecule has 1 saturated heterocycles. The molecule has 0 unspecified atom stereocenters. The molecule has 1 fully saturated rings. The van der Waals surface area contributed by atoms with Crippen LogP contribution in [0.1, 0.15) is 13.3 Å². The Hall–Kier alpha value is -1.75. The predicted octanol–water partition coefficient (Wildman–Crippen LogP) is 1.68. The summed E-state index contributed by atoms with van der Waals surface area (Å²) in [6, 6.07) is 7.10. The minimum atomic E-state index is -0.398. The Kier molecular flexibility index (Phi) is 4.04. The lowest BCUT2D eigenvalue weighted by molar-refractivity contribution is 0.176. The molecule has 98 valence electrons. The van der Waals surface area contributed by atoms with Gasteiger partial charge < -0.3 is 20.1 Å². The van der Waals surface area contributed by atoms with E-state index >= 15 is 0 Å². The van der Waals surface area contributed by atoms with Crippen molar-refractivity contribution >= 4 is 11.7 Å². The van der Waals surface area contributed by atoms with E-state index in [0.29, 0.717) is 31.8 Å². The molecular formula is C13H18N2O3. The minimum Gasteiger partial charge on any atom is -0.494 e. The SMILES string of the molecule is CCOc1cccc(NC(=O)N2CC[C@H](O)C2)c1. The number of β-amino-alcohol motifs (C(OH)–C–C–N with tert-alkyl or cyclic N) is 1. The number of hydrogen-bond donors (Lipinski definition) is 2. The molecule has 1 aliphatic heterocycles. The molecule has 5 heteroatoms. The lowest BCUT2D eigenvalue weighted by Crippen LogP contribution is -2.33. The molecular weight excluding hydrogens is 232 g/mol. The summed E-state index contributed by atoms with van der Waals surface area (Å²) in [5, 5.41) is 12.2. The molecule has 1 aromatic carbocycles. The van der Waals surface area contributed by atoms with E-state index in [-0.39, 0.29) is 6.03 Å². The normalized spacial score (nSPS) is 18.8. The molecule has 5 nitrogen and oxygen atoms in total. The van der Waals surface area contributed by atoms with Gasteiger partial charge in [0.2, 0.25) is 0 Å². The lowest BCUT2D eigenvalue weighted by atomic mass is 10.3. The zero-order valence-corrected chi connectivity index (χ0v) is 10.4. The number of anilines is 1. The van der Waals surface area contributed by atoms with Crippen molar-refractivity contribution in [3.05, 3.63) is 24.3 Å². The average Bonchev–Trinajstić information content (AvgIpc) is 2.77. The third-order valence-corrected chi connectivity index (χ3v) is 2.85. The third kappa shape index (κ3) is 3.13. The molecule has 18 heavy (non-hydrogen) atoms. The van der Waals surface area contributed by atoms with Gasteiger partial charge in [-0.1, -0.05) is 6.07 Å². The van der Waals surface area contributed by atoms with Gasteiger partial charge in [-0.2, -0.15) is 0 Å². The van der Waals surface area contributed by atoms with Crippen LogP contribution in [0.5, 0.6) is 5.75 Å². The first kappa shape index (κ1) is 12.7. The molecule has 2 amide bonds. The van der Waals surface area contributed by atoms with Crippen molar-refractivity contribution < 1.29 is 14.6 Å². The highest BCUT2D eigenvalue weighted by atomic mass is 16.5. The fourth-order valence-corrected chi connectivity index (χ4v) is 1.96. The largest absolute Gasteiger partial charge is 0.494 e. The summed E-state index contributed by atoms with van der Waals surface area (Å²) in [5.41, 5.74) is 0.701. The van der Waals surface area contributed by atoms with Crippen molar-refractivity contribution in [2.75, 3.05) is 25.0 Å². The van der Waals surface area contributed by atoms with Crippen LogP contribution >= 0.6 is 0 Å². The Labute approximate surface area is 106 Å². The van der Waals surface area contributed by atoms with Crippen LogP contribution in [-0.2, 0) is 0 Å². The Bertz CT molecular complexity index is 422. The van der Waals surface area contributed by atoms with Gasteiger partial charge in [-0.15, -0.1) is 0 Å². The lowest BCUT2D eigenvalue weighted by Gasteiger charge is -2.16. The quantitative estimate of drug-likeness (QED) is 0.858. The monoisotopic (exact) mass is 250 g/mol. The molecule has 1 heterocycles. The molecule has 2 N–H and O–H groups in total. The molecule has 0 spiro atoms. The van der Waals surface area contributed by atoms with E-state index in [1.54, 1.807) is 11.0 Å². The standard InChI is InChI=1S/C13H18N2O3/c1-2-18-12-5-3-4-10(8-12)14-13(17)15-7-6-11(16)9-15/h3-5,8,11,16H,2,6-7,9H2,1H3,(H,14,17)/t11-/m0/s1. The van der Waals surface area contributed by atoms with Crippen molar-refractivity contribution in [1.29, 1.82) is 0 Å². The van der Waals surface area contributed by atoms with Crippen LogP contribution in [0.25, 0.3) is 0 Å². The Morgan fingerprint density at radius 2 is 2.44 bits per heavy atom. The molecule has 1 aliphatic rings. The van der Waals surface area contributed by atoms with E-state index in [1.165, 1.54) is 0 Å². The van der Waals surface area contributed by atoms with Crippen LogP contribution in [-0.4, -0.2) is 41.8 Å². The van der Waals surface area contributed by atoms with Gasteiger partial charge in [-0.25, -0.2) is 4.79 Å². The van der Waals surface area contributed by atoms with E-state index in [2.05, 4.69) is 5.32 Å². The van der Waals surface area contributed by atoms with Crippen LogP contribution in [0.2, 0.25) is 0 Å². The molecule has 0 aromatic heterocycles. The van der Waals surface area contributed by atoms with E-state index in [4.69, 9.17) is 4.74 Å². The number of rotatable bonds is 3. The van der Waals surface area contributed by atoms with Crippen molar-refractivity contribution in [2.45, 2.75) is 19.4 Å². The molecule has 1 aromatic rings. The Morgan fingerprint density at radius 1 is 1.61 bits per heavy atom. The van der Waals surface area contributed by atoms with Gasteiger partial charge in [0.1, 0.15) is 5.75 Å². The third-order valence-electron chi connectivity index (χ3n) is 2.85. The van der Waals surface area contributed by atoms with Gasteiger partial charge in [0.15, 0.2) is 0 Å². The summed E-state index contributed by atoms with van der Waals surface area (Å²) in [7, 11) is 0. The highest BCUT2D eigenvalue weighted by molar-refractivity contribution is 5.89. The van der Waals surface area contributed by atoms with Gasteiger partial charge >= 0.3 is 6.03 Å². The second-order valence-corrected chi connectivity index (χ2v) is 4.28. The number of likely N-dealkylation sites (tertiary alicyclic amines) is 1.